The molecule has 1 N–H and O–H groups in total. The van der Waals surface area contributed by atoms with Gasteiger partial charge in [-0.15, -0.1) is 0 Å². The minimum Gasteiger partial charge on any atom is -0.322 e. The standard InChI is InChI=1S/C28H26ClN3O3/c1-18-12-14-31(15-13-18)17-19-6-9-21(10-7-19)30-26(33)20-8-11-22-23(16-20)28(35)32(27(22)34)25-5-3-2-4-24(25)29/h2-11,16,18H,12-15,17H2,1H3,(H,30,33). The zero-order chi connectivity index (χ0) is 24.5. The van der Waals surface area contributed by atoms with Crippen LogP contribution < -0.4 is 10.2 Å². The van der Waals surface area contributed by atoms with Crippen molar-refractivity contribution in [2.24, 2.45) is 5.92 Å². The van der Waals surface area contributed by atoms with Gasteiger partial charge in [-0.3, -0.25) is 19.3 Å². The molecule has 0 aliphatic carbocycles. The van der Waals surface area contributed by atoms with Gasteiger partial charge in [0.2, 0.25) is 0 Å². The Labute approximate surface area is 209 Å². The Hall–Kier alpha value is -3.48. The van der Waals surface area contributed by atoms with Crippen molar-refractivity contribution in [3.8, 4) is 0 Å². The number of para-hydroxylation sites is 1. The third-order valence-electron chi connectivity index (χ3n) is 6.74. The van der Waals surface area contributed by atoms with Gasteiger partial charge in [-0.1, -0.05) is 42.8 Å². The normalized spacial score (nSPS) is 16.5. The summed E-state index contributed by atoms with van der Waals surface area (Å²) in [5.41, 5.74) is 2.95. The number of hydrogen-bond donors (Lipinski definition) is 1. The average Bonchev–Trinajstić information content (AvgIpc) is 3.11. The van der Waals surface area contributed by atoms with Crippen molar-refractivity contribution in [2.75, 3.05) is 23.3 Å². The monoisotopic (exact) mass is 487 g/mol. The number of halogens is 1. The summed E-state index contributed by atoms with van der Waals surface area (Å²) in [6.07, 6.45) is 2.47. The molecule has 3 amide bonds. The van der Waals surface area contributed by atoms with Gasteiger partial charge in [0, 0.05) is 17.8 Å². The Morgan fingerprint density at radius 3 is 2.34 bits per heavy atom. The smallest absolute Gasteiger partial charge is 0.266 e. The van der Waals surface area contributed by atoms with Crippen molar-refractivity contribution >= 4 is 40.7 Å². The summed E-state index contributed by atoms with van der Waals surface area (Å²) >= 11 is 6.21. The number of amides is 3. The first-order valence-corrected chi connectivity index (χ1v) is 12.2. The quantitative estimate of drug-likeness (QED) is 0.474. The second-order valence-electron chi connectivity index (χ2n) is 9.27. The molecule has 178 valence electrons. The first-order valence-electron chi connectivity index (χ1n) is 11.8. The first kappa shape index (κ1) is 23.3. The highest BCUT2D eigenvalue weighted by molar-refractivity contribution is 6.40. The summed E-state index contributed by atoms with van der Waals surface area (Å²) in [7, 11) is 0. The fourth-order valence-corrected chi connectivity index (χ4v) is 4.83. The highest BCUT2D eigenvalue weighted by atomic mass is 35.5. The lowest BCUT2D eigenvalue weighted by atomic mass is 9.99. The van der Waals surface area contributed by atoms with E-state index in [9.17, 15) is 14.4 Å². The second-order valence-corrected chi connectivity index (χ2v) is 9.67. The summed E-state index contributed by atoms with van der Waals surface area (Å²) in [6.45, 7) is 5.45. The Bertz CT molecular complexity index is 1300. The van der Waals surface area contributed by atoms with Crippen LogP contribution in [-0.4, -0.2) is 35.7 Å². The number of rotatable bonds is 5. The molecule has 0 saturated carbocycles. The van der Waals surface area contributed by atoms with Crippen molar-refractivity contribution in [1.82, 2.24) is 4.90 Å². The van der Waals surface area contributed by atoms with Crippen molar-refractivity contribution in [1.29, 1.82) is 0 Å². The molecule has 0 aromatic heterocycles. The number of carbonyl (C=O) groups excluding carboxylic acids is 3. The summed E-state index contributed by atoms with van der Waals surface area (Å²) in [6, 6.07) is 19.1. The van der Waals surface area contributed by atoms with Crippen LogP contribution in [0.25, 0.3) is 0 Å². The Morgan fingerprint density at radius 1 is 0.943 bits per heavy atom. The lowest BCUT2D eigenvalue weighted by Crippen LogP contribution is -2.32. The molecular formula is C28H26ClN3O3. The highest BCUT2D eigenvalue weighted by Crippen LogP contribution is 2.33. The number of imide groups is 1. The fraction of sp³-hybridized carbons (Fsp3) is 0.250. The molecule has 2 heterocycles. The number of fused-ring (bicyclic) bond motifs is 1. The predicted octanol–water partition coefficient (Wildman–Crippen LogP) is 5.62. The molecule has 0 bridgehead atoms. The molecule has 0 spiro atoms. The molecule has 3 aromatic carbocycles. The lowest BCUT2D eigenvalue weighted by Gasteiger charge is -2.30. The van der Waals surface area contributed by atoms with Gasteiger partial charge in [-0.05, 0) is 79.9 Å². The van der Waals surface area contributed by atoms with Gasteiger partial charge in [0.15, 0.2) is 0 Å². The number of nitrogens with one attached hydrogen (secondary N) is 1. The van der Waals surface area contributed by atoms with E-state index in [2.05, 4.69) is 17.1 Å². The van der Waals surface area contributed by atoms with Gasteiger partial charge >= 0.3 is 0 Å². The van der Waals surface area contributed by atoms with Gasteiger partial charge in [-0.25, -0.2) is 4.90 Å². The fourth-order valence-electron chi connectivity index (χ4n) is 4.61. The molecule has 2 aliphatic heterocycles. The van der Waals surface area contributed by atoms with Gasteiger partial charge < -0.3 is 5.32 Å². The number of carbonyl (C=O) groups is 3. The van der Waals surface area contributed by atoms with Crippen LogP contribution in [0.1, 0.15) is 56.4 Å². The Morgan fingerprint density at radius 2 is 1.63 bits per heavy atom. The molecule has 1 saturated heterocycles. The molecule has 1 fully saturated rings. The minimum absolute atomic E-state index is 0.189. The van der Waals surface area contributed by atoms with Crippen molar-refractivity contribution < 1.29 is 14.4 Å². The lowest BCUT2D eigenvalue weighted by molar-refractivity contribution is 0.0925. The van der Waals surface area contributed by atoms with E-state index in [1.165, 1.54) is 30.5 Å². The van der Waals surface area contributed by atoms with E-state index in [4.69, 9.17) is 11.6 Å². The summed E-state index contributed by atoms with van der Waals surface area (Å²) in [4.78, 5) is 42.3. The van der Waals surface area contributed by atoms with Gasteiger partial charge in [0.1, 0.15) is 0 Å². The molecule has 5 rings (SSSR count). The van der Waals surface area contributed by atoms with E-state index in [0.717, 1.165) is 30.5 Å². The molecular weight excluding hydrogens is 462 g/mol. The number of likely N-dealkylation sites (tertiary alicyclic amines) is 1. The highest BCUT2D eigenvalue weighted by Gasteiger charge is 2.38. The number of nitrogens with zero attached hydrogens (tertiary/aromatic N) is 2. The summed E-state index contributed by atoms with van der Waals surface area (Å²) < 4.78 is 0. The van der Waals surface area contributed by atoms with E-state index in [1.807, 2.05) is 24.3 Å². The molecule has 2 aliphatic rings. The molecule has 7 heteroatoms. The average molecular weight is 488 g/mol. The van der Waals surface area contributed by atoms with Crippen LogP contribution in [0.3, 0.4) is 0 Å². The van der Waals surface area contributed by atoms with Crippen molar-refractivity contribution in [3.05, 3.63) is 94.0 Å². The van der Waals surface area contributed by atoms with Crippen LogP contribution in [0.4, 0.5) is 11.4 Å². The molecule has 0 unspecified atom stereocenters. The van der Waals surface area contributed by atoms with Crippen LogP contribution in [-0.2, 0) is 6.54 Å². The number of anilines is 2. The van der Waals surface area contributed by atoms with Crippen LogP contribution in [0.5, 0.6) is 0 Å². The van der Waals surface area contributed by atoms with E-state index < -0.39 is 11.8 Å². The van der Waals surface area contributed by atoms with Crippen LogP contribution in [0, 0.1) is 5.92 Å². The molecule has 6 nitrogen and oxygen atoms in total. The third kappa shape index (κ3) is 4.72. The maximum Gasteiger partial charge on any atom is 0.266 e. The van der Waals surface area contributed by atoms with E-state index in [1.54, 1.807) is 30.3 Å². The zero-order valence-corrected chi connectivity index (χ0v) is 20.2. The van der Waals surface area contributed by atoms with Gasteiger partial charge in [0.05, 0.1) is 21.8 Å². The van der Waals surface area contributed by atoms with Gasteiger partial charge in [-0.2, -0.15) is 0 Å². The predicted molar refractivity (Wildman–Crippen MR) is 137 cm³/mol. The van der Waals surface area contributed by atoms with Gasteiger partial charge in [0.25, 0.3) is 17.7 Å². The number of hydrogen-bond acceptors (Lipinski definition) is 4. The molecule has 3 aromatic rings. The van der Waals surface area contributed by atoms with E-state index >= 15 is 0 Å². The van der Waals surface area contributed by atoms with E-state index in [-0.39, 0.29) is 17.0 Å². The van der Waals surface area contributed by atoms with Crippen LogP contribution >= 0.6 is 11.6 Å². The maximum absolute atomic E-state index is 13.0. The number of benzene rings is 3. The Kier molecular flexibility index (Phi) is 6.41. The first-order chi connectivity index (χ1) is 16.9. The largest absolute Gasteiger partial charge is 0.322 e. The molecule has 0 radical (unpaired) electrons. The SMILES string of the molecule is CC1CCN(Cc2ccc(NC(=O)c3ccc4c(c3)C(=O)N(c3ccccc3Cl)C4=O)cc2)CC1. The summed E-state index contributed by atoms with van der Waals surface area (Å²) in [5.74, 6) is -0.495. The third-order valence-corrected chi connectivity index (χ3v) is 7.06. The van der Waals surface area contributed by atoms with E-state index in [0.29, 0.717) is 22.0 Å². The van der Waals surface area contributed by atoms with Crippen molar-refractivity contribution in [3.63, 3.8) is 0 Å². The topological polar surface area (TPSA) is 69.7 Å². The minimum atomic E-state index is -0.496. The van der Waals surface area contributed by atoms with Crippen molar-refractivity contribution in [2.45, 2.75) is 26.3 Å². The zero-order valence-electron chi connectivity index (χ0n) is 19.5. The summed E-state index contributed by atoms with van der Waals surface area (Å²) in [5, 5.41) is 3.18. The maximum atomic E-state index is 13.0. The number of piperidine rings is 1. The second kappa shape index (κ2) is 9.64. The molecule has 35 heavy (non-hydrogen) atoms. The molecule has 0 atom stereocenters. The Balaban J connectivity index is 1.27. The van der Waals surface area contributed by atoms with Crippen LogP contribution in [0.15, 0.2) is 66.7 Å². The van der Waals surface area contributed by atoms with Crippen LogP contribution in [0.2, 0.25) is 5.02 Å².